The molecule has 160 valence electrons. The van der Waals surface area contributed by atoms with Crippen LogP contribution >= 0.6 is 0 Å². The summed E-state index contributed by atoms with van der Waals surface area (Å²) in [6.07, 6.45) is 4.13. The van der Waals surface area contributed by atoms with E-state index in [9.17, 15) is 14.4 Å². The molecule has 1 aliphatic rings. The minimum Gasteiger partial charge on any atom is -0.377 e. The minimum absolute atomic E-state index is 0.0458. The summed E-state index contributed by atoms with van der Waals surface area (Å²) in [5.41, 5.74) is -0.130. The third-order valence-electron chi connectivity index (χ3n) is 4.02. The SMILES string of the molecule is CC(C)(C)C(=O)c1cn(CCOCCOCCOCCN2C(=O)C=CC2=O)nn1. The van der Waals surface area contributed by atoms with Crippen LogP contribution in [0.3, 0.4) is 0 Å². The Balaban J connectivity index is 1.44. The van der Waals surface area contributed by atoms with Gasteiger partial charge in [0.2, 0.25) is 0 Å². The average molecular weight is 408 g/mol. The summed E-state index contributed by atoms with van der Waals surface area (Å²) in [6.45, 7) is 8.56. The standard InChI is InChI=1S/C19H28N4O6/c1-19(2,3)18(26)15-14-22(21-20-15)6-8-27-10-12-29-13-11-28-9-7-23-16(24)4-5-17(23)25/h4-5,14H,6-13H2,1-3H3. The van der Waals surface area contributed by atoms with Gasteiger partial charge in [-0.25, -0.2) is 4.68 Å². The Labute approximate surface area is 169 Å². The maximum atomic E-state index is 12.1. The maximum absolute atomic E-state index is 12.1. The van der Waals surface area contributed by atoms with Gasteiger partial charge in [0.25, 0.3) is 11.8 Å². The normalized spacial score (nSPS) is 14.2. The van der Waals surface area contributed by atoms with E-state index >= 15 is 0 Å². The summed E-state index contributed by atoms with van der Waals surface area (Å²) < 4.78 is 17.8. The zero-order valence-corrected chi connectivity index (χ0v) is 17.1. The Hall–Kier alpha value is -2.43. The van der Waals surface area contributed by atoms with Crippen molar-refractivity contribution in [3.8, 4) is 0 Å². The quantitative estimate of drug-likeness (QED) is 0.263. The van der Waals surface area contributed by atoms with E-state index < -0.39 is 5.41 Å². The molecule has 0 N–H and O–H groups in total. The van der Waals surface area contributed by atoms with Crippen LogP contribution in [0.5, 0.6) is 0 Å². The van der Waals surface area contributed by atoms with E-state index in [0.717, 1.165) is 4.90 Å². The number of ketones is 1. The van der Waals surface area contributed by atoms with Crippen molar-refractivity contribution in [1.82, 2.24) is 19.9 Å². The number of hydrogen-bond donors (Lipinski definition) is 0. The molecule has 0 saturated heterocycles. The van der Waals surface area contributed by atoms with Crippen LogP contribution in [0.15, 0.2) is 18.3 Å². The zero-order valence-electron chi connectivity index (χ0n) is 17.1. The minimum atomic E-state index is -0.487. The van der Waals surface area contributed by atoms with Crippen LogP contribution in [-0.4, -0.2) is 83.7 Å². The number of rotatable bonds is 13. The molecule has 2 rings (SSSR count). The first-order valence-electron chi connectivity index (χ1n) is 9.51. The second-order valence-corrected chi connectivity index (χ2v) is 7.44. The first-order chi connectivity index (χ1) is 13.8. The molecule has 2 amide bonds. The van der Waals surface area contributed by atoms with Gasteiger partial charge >= 0.3 is 0 Å². The molecule has 10 heteroatoms. The largest absolute Gasteiger partial charge is 0.377 e. The lowest BCUT2D eigenvalue weighted by atomic mass is 9.89. The van der Waals surface area contributed by atoms with Gasteiger partial charge in [-0.15, -0.1) is 5.10 Å². The van der Waals surface area contributed by atoms with E-state index in [1.807, 2.05) is 20.8 Å². The van der Waals surface area contributed by atoms with Gasteiger partial charge in [0.1, 0.15) is 5.69 Å². The predicted octanol–water partition coefficient (Wildman–Crippen LogP) is 0.482. The molecule has 0 saturated carbocycles. The van der Waals surface area contributed by atoms with E-state index in [1.165, 1.54) is 12.2 Å². The fraction of sp³-hybridized carbons (Fsp3) is 0.632. The average Bonchev–Trinajstić information content (AvgIpc) is 3.26. The number of Topliss-reactive ketones (excluding diaryl/α,β-unsaturated/α-hetero) is 1. The van der Waals surface area contributed by atoms with Crippen molar-refractivity contribution >= 4 is 17.6 Å². The van der Waals surface area contributed by atoms with Crippen LogP contribution in [0.4, 0.5) is 0 Å². The number of ether oxygens (including phenoxy) is 3. The van der Waals surface area contributed by atoms with Gasteiger partial charge in [0.15, 0.2) is 5.78 Å². The number of imide groups is 1. The number of amides is 2. The topological polar surface area (TPSA) is 113 Å². The van der Waals surface area contributed by atoms with E-state index in [2.05, 4.69) is 10.3 Å². The lowest BCUT2D eigenvalue weighted by Gasteiger charge is -2.13. The number of nitrogens with zero attached hydrogens (tertiary/aromatic N) is 4. The first-order valence-corrected chi connectivity index (χ1v) is 9.51. The van der Waals surface area contributed by atoms with Crippen molar-refractivity contribution in [3.05, 3.63) is 24.0 Å². The molecule has 1 aromatic heterocycles. The molecule has 1 aliphatic heterocycles. The van der Waals surface area contributed by atoms with E-state index in [-0.39, 0.29) is 30.7 Å². The molecule has 1 aromatic rings. The van der Waals surface area contributed by atoms with Crippen LogP contribution in [0.2, 0.25) is 0 Å². The first kappa shape index (κ1) is 22.9. The van der Waals surface area contributed by atoms with E-state index in [1.54, 1.807) is 10.9 Å². The molecule has 0 unspecified atom stereocenters. The number of aromatic nitrogens is 3. The van der Waals surface area contributed by atoms with Crippen molar-refractivity contribution in [1.29, 1.82) is 0 Å². The van der Waals surface area contributed by atoms with Gasteiger partial charge < -0.3 is 14.2 Å². The number of carbonyl (C=O) groups excluding carboxylic acids is 3. The van der Waals surface area contributed by atoms with Crippen molar-refractivity contribution in [2.45, 2.75) is 27.3 Å². The third-order valence-corrected chi connectivity index (χ3v) is 4.02. The van der Waals surface area contributed by atoms with Gasteiger partial charge in [-0.2, -0.15) is 0 Å². The van der Waals surface area contributed by atoms with Crippen LogP contribution in [-0.2, 0) is 30.3 Å². The van der Waals surface area contributed by atoms with Crippen LogP contribution in [0.1, 0.15) is 31.3 Å². The third kappa shape index (κ3) is 7.48. The smallest absolute Gasteiger partial charge is 0.253 e. The Morgan fingerprint density at radius 2 is 1.41 bits per heavy atom. The number of carbonyl (C=O) groups is 3. The van der Waals surface area contributed by atoms with Crippen LogP contribution in [0.25, 0.3) is 0 Å². The summed E-state index contributed by atoms with van der Waals surface area (Å²) in [5, 5.41) is 7.84. The summed E-state index contributed by atoms with van der Waals surface area (Å²) in [4.78, 5) is 35.9. The summed E-state index contributed by atoms with van der Waals surface area (Å²) in [6, 6.07) is 0. The highest BCUT2D eigenvalue weighted by atomic mass is 16.5. The van der Waals surface area contributed by atoms with Gasteiger partial charge in [-0.1, -0.05) is 26.0 Å². The van der Waals surface area contributed by atoms with Crippen molar-refractivity contribution in [2.75, 3.05) is 46.2 Å². The molecule has 0 spiro atoms. The molecular weight excluding hydrogens is 380 g/mol. The molecule has 0 bridgehead atoms. The molecule has 0 fully saturated rings. The van der Waals surface area contributed by atoms with Gasteiger partial charge in [0, 0.05) is 17.6 Å². The molecule has 0 aliphatic carbocycles. The Morgan fingerprint density at radius 3 is 1.97 bits per heavy atom. The van der Waals surface area contributed by atoms with Crippen molar-refractivity contribution in [3.63, 3.8) is 0 Å². The molecule has 29 heavy (non-hydrogen) atoms. The lowest BCUT2D eigenvalue weighted by Crippen LogP contribution is -2.33. The van der Waals surface area contributed by atoms with Gasteiger partial charge in [0.05, 0.1) is 58.9 Å². The van der Waals surface area contributed by atoms with E-state index in [4.69, 9.17) is 14.2 Å². The highest BCUT2D eigenvalue weighted by Crippen LogP contribution is 2.18. The van der Waals surface area contributed by atoms with E-state index in [0.29, 0.717) is 45.3 Å². The maximum Gasteiger partial charge on any atom is 0.253 e. The van der Waals surface area contributed by atoms with Crippen molar-refractivity contribution < 1.29 is 28.6 Å². The Morgan fingerprint density at radius 1 is 0.897 bits per heavy atom. The molecular formula is C19H28N4O6. The lowest BCUT2D eigenvalue weighted by molar-refractivity contribution is -0.137. The molecule has 0 aromatic carbocycles. The fourth-order valence-corrected chi connectivity index (χ4v) is 2.40. The highest BCUT2D eigenvalue weighted by molar-refractivity contribution is 6.12. The predicted molar refractivity (Wildman–Crippen MR) is 102 cm³/mol. The summed E-state index contributed by atoms with van der Waals surface area (Å²) >= 11 is 0. The molecule has 2 heterocycles. The van der Waals surface area contributed by atoms with Gasteiger partial charge in [-0.3, -0.25) is 19.3 Å². The Kier molecular flexibility index (Phi) is 8.62. The van der Waals surface area contributed by atoms with Crippen LogP contribution < -0.4 is 0 Å². The molecule has 10 nitrogen and oxygen atoms in total. The highest BCUT2D eigenvalue weighted by Gasteiger charge is 2.25. The number of hydrogen-bond acceptors (Lipinski definition) is 8. The van der Waals surface area contributed by atoms with Crippen LogP contribution in [0, 0.1) is 5.41 Å². The van der Waals surface area contributed by atoms with Gasteiger partial charge in [-0.05, 0) is 0 Å². The summed E-state index contributed by atoms with van der Waals surface area (Å²) in [7, 11) is 0. The second-order valence-electron chi connectivity index (χ2n) is 7.44. The monoisotopic (exact) mass is 408 g/mol. The zero-order chi connectivity index (χ0) is 21.3. The Bertz CT molecular complexity index is 719. The second kappa shape index (κ2) is 10.9. The molecule has 0 atom stereocenters. The summed E-state index contributed by atoms with van der Waals surface area (Å²) in [5.74, 6) is -0.666. The fourth-order valence-electron chi connectivity index (χ4n) is 2.40. The molecule has 0 radical (unpaired) electrons. The van der Waals surface area contributed by atoms with Crippen molar-refractivity contribution in [2.24, 2.45) is 5.41 Å².